The predicted molar refractivity (Wildman–Crippen MR) is 136 cm³/mol. The van der Waals surface area contributed by atoms with Crippen molar-refractivity contribution >= 4 is 23.5 Å². The van der Waals surface area contributed by atoms with E-state index in [9.17, 15) is 0 Å². The lowest BCUT2D eigenvalue weighted by Gasteiger charge is -2.36. The highest BCUT2D eigenvalue weighted by Crippen LogP contribution is 2.35. The first-order valence-electron chi connectivity index (χ1n) is 11.7. The number of imidazole rings is 1. The molecule has 3 aromatic rings. The number of piperidine rings is 1. The molecule has 6 nitrogen and oxygen atoms in total. The molecule has 0 amide bonds. The Hall–Kier alpha value is -3.25. The molecule has 1 atom stereocenters. The fourth-order valence-electron chi connectivity index (χ4n) is 4.79. The molecule has 176 valence electrons. The van der Waals surface area contributed by atoms with Crippen LogP contribution in [0.15, 0.2) is 59.7 Å². The fraction of sp³-hybridized carbons (Fsp3) is 0.333. The molecule has 2 aliphatic rings. The van der Waals surface area contributed by atoms with Crippen LogP contribution >= 0.6 is 11.6 Å². The first kappa shape index (κ1) is 22.5. The zero-order valence-corrected chi connectivity index (χ0v) is 20.5. The second-order valence-electron chi connectivity index (χ2n) is 8.88. The molecule has 2 aromatic carbocycles. The van der Waals surface area contributed by atoms with E-state index in [1.807, 2.05) is 23.8 Å². The topological polar surface area (TPSA) is 51.9 Å². The Morgan fingerprint density at radius 1 is 1.18 bits per heavy atom. The summed E-state index contributed by atoms with van der Waals surface area (Å²) in [7, 11) is 1.70. The number of ether oxygens (including phenoxy) is 1. The highest BCUT2D eigenvalue weighted by Gasteiger charge is 2.31. The van der Waals surface area contributed by atoms with Gasteiger partial charge in [-0.05, 0) is 73.2 Å². The first-order valence-corrected chi connectivity index (χ1v) is 12.0. The zero-order chi connectivity index (χ0) is 23.7. The number of hydrogen-bond acceptors (Lipinski definition) is 5. The van der Waals surface area contributed by atoms with E-state index in [0.717, 1.165) is 64.9 Å². The van der Waals surface area contributed by atoms with Gasteiger partial charge in [0.05, 0.1) is 30.9 Å². The van der Waals surface area contributed by atoms with E-state index in [-0.39, 0.29) is 6.04 Å². The van der Waals surface area contributed by atoms with Crippen molar-refractivity contribution in [1.82, 2.24) is 14.5 Å². The fourth-order valence-corrected chi connectivity index (χ4v) is 4.91. The van der Waals surface area contributed by atoms with Crippen molar-refractivity contribution in [3.63, 3.8) is 0 Å². The third-order valence-electron chi connectivity index (χ3n) is 6.52. The number of aromatic nitrogens is 2. The Morgan fingerprint density at radius 3 is 2.82 bits per heavy atom. The summed E-state index contributed by atoms with van der Waals surface area (Å²) in [6.45, 7) is 5.57. The van der Waals surface area contributed by atoms with Gasteiger partial charge in [0.2, 0.25) is 0 Å². The summed E-state index contributed by atoms with van der Waals surface area (Å²) in [5, 5.41) is 5.35. The van der Waals surface area contributed by atoms with Gasteiger partial charge >= 0.3 is 0 Å². The average Bonchev–Trinajstić information content (AvgIpc) is 3.15. The summed E-state index contributed by atoms with van der Waals surface area (Å²) in [5.41, 5.74) is 6.52. The minimum absolute atomic E-state index is 0.210. The molecule has 5 rings (SSSR count). The van der Waals surface area contributed by atoms with Crippen molar-refractivity contribution in [3.05, 3.63) is 81.9 Å². The quantitative estimate of drug-likeness (QED) is 0.456. The van der Waals surface area contributed by atoms with Crippen LogP contribution in [0.5, 0.6) is 5.75 Å². The highest BCUT2D eigenvalue weighted by atomic mass is 35.5. The Bertz CT molecular complexity index is 1260. The number of amidine groups is 1. The van der Waals surface area contributed by atoms with Gasteiger partial charge < -0.3 is 19.0 Å². The molecule has 34 heavy (non-hydrogen) atoms. The third-order valence-corrected chi connectivity index (χ3v) is 6.94. The summed E-state index contributed by atoms with van der Waals surface area (Å²) in [6, 6.07) is 12.8. The molecule has 7 heteroatoms. The van der Waals surface area contributed by atoms with Gasteiger partial charge in [0, 0.05) is 24.2 Å². The second kappa shape index (κ2) is 9.55. The van der Waals surface area contributed by atoms with Gasteiger partial charge in [-0.2, -0.15) is 0 Å². The molecule has 0 spiro atoms. The number of hydrogen-bond donors (Lipinski definition) is 0. The minimum Gasteiger partial charge on any atom is -0.495 e. The summed E-state index contributed by atoms with van der Waals surface area (Å²) in [4.78, 5) is 12.4. The summed E-state index contributed by atoms with van der Waals surface area (Å²) in [6.07, 6.45) is 8.91. The molecule has 2 aliphatic heterocycles. The Morgan fingerprint density at radius 2 is 2.06 bits per heavy atom. The van der Waals surface area contributed by atoms with E-state index in [0.29, 0.717) is 6.61 Å². The summed E-state index contributed by atoms with van der Waals surface area (Å²) in [5.74, 6) is 1.72. The van der Waals surface area contributed by atoms with Crippen LogP contribution in [0.4, 0.5) is 0 Å². The third kappa shape index (κ3) is 4.42. The smallest absolute Gasteiger partial charge is 0.171 e. The van der Waals surface area contributed by atoms with E-state index in [4.69, 9.17) is 21.2 Å². The molecule has 0 saturated carbocycles. The molecule has 1 fully saturated rings. The number of oxime groups is 1. The predicted octanol–water partition coefficient (Wildman–Crippen LogP) is 6.11. The van der Waals surface area contributed by atoms with Crippen molar-refractivity contribution in [3.8, 4) is 11.4 Å². The number of fused-ring (bicyclic) bond motifs is 1. The second-order valence-corrected chi connectivity index (χ2v) is 9.29. The van der Waals surface area contributed by atoms with E-state index >= 15 is 0 Å². The molecule has 1 saturated heterocycles. The summed E-state index contributed by atoms with van der Waals surface area (Å²) >= 11 is 6.29. The maximum atomic E-state index is 6.29. The largest absolute Gasteiger partial charge is 0.495 e. The molecular weight excluding hydrogens is 448 g/mol. The van der Waals surface area contributed by atoms with Crippen molar-refractivity contribution in [1.29, 1.82) is 0 Å². The van der Waals surface area contributed by atoms with Crippen molar-refractivity contribution in [2.24, 2.45) is 5.16 Å². The van der Waals surface area contributed by atoms with Crippen LogP contribution in [0, 0.1) is 13.8 Å². The number of benzene rings is 2. The Balaban J connectivity index is 1.47. The van der Waals surface area contributed by atoms with Crippen LogP contribution in [0.2, 0.25) is 5.02 Å². The average molecular weight is 477 g/mol. The van der Waals surface area contributed by atoms with Crippen LogP contribution in [0.1, 0.15) is 47.7 Å². The number of halogens is 1. The maximum Gasteiger partial charge on any atom is 0.171 e. The molecule has 0 N–H and O–H groups in total. The lowest BCUT2D eigenvalue weighted by molar-refractivity contribution is 0.140. The number of methoxy groups -OCH3 is 1. The molecule has 0 bridgehead atoms. The Labute approximate surface area is 205 Å². The monoisotopic (exact) mass is 476 g/mol. The SMILES string of the molecule is COc1cc(/C=C2\CCCN3C2=NOCC[C@@H]3c2ccc(Cl)c(C)c2)ccc1-n1cnc(C)c1. The minimum atomic E-state index is 0.210. The van der Waals surface area contributed by atoms with Gasteiger partial charge in [0.25, 0.3) is 0 Å². The van der Waals surface area contributed by atoms with Crippen LogP contribution in [-0.2, 0) is 4.84 Å². The molecular formula is C27H29ClN4O2. The van der Waals surface area contributed by atoms with Crippen LogP contribution < -0.4 is 4.74 Å². The first-order chi connectivity index (χ1) is 16.5. The lowest BCUT2D eigenvalue weighted by atomic mass is 9.94. The normalized spacial score (nSPS) is 19.3. The zero-order valence-electron chi connectivity index (χ0n) is 19.8. The van der Waals surface area contributed by atoms with E-state index in [2.05, 4.69) is 58.4 Å². The number of aryl methyl sites for hydroxylation is 2. The Kier molecular flexibility index (Phi) is 6.33. The van der Waals surface area contributed by atoms with Gasteiger partial charge in [-0.3, -0.25) is 0 Å². The van der Waals surface area contributed by atoms with E-state index in [1.54, 1.807) is 13.4 Å². The van der Waals surface area contributed by atoms with Crippen molar-refractivity contribution in [2.45, 2.75) is 39.2 Å². The maximum absolute atomic E-state index is 6.29. The molecule has 0 aliphatic carbocycles. The number of rotatable bonds is 4. The molecule has 0 unspecified atom stereocenters. The van der Waals surface area contributed by atoms with Crippen molar-refractivity contribution in [2.75, 3.05) is 20.3 Å². The van der Waals surface area contributed by atoms with Gasteiger partial charge in [-0.25, -0.2) is 4.98 Å². The summed E-state index contributed by atoms with van der Waals surface area (Å²) < 4.78 is 7.69. The van der Waals surface area contributed by atoms with Gasteiger partial charge in [0.1, 0.15) is 12.4 Å². The lowest BCUT2D eigenvalue weighted by Crippen LogP contribution is -2.39. The van der Waals surface area contributed by atoms with Gasteiger partial charge in [-0.1, -0.05) is 35.0 Å². The van der Waals surface area contributed by atoms with E-state index < -0.39 is 0 Å². The molecule has 3 heterocycles. The number of nitrogens with zero attached hydrogens (tertiary/aromatic N) is 4. The van der Waals surface area contributed by atoms with Gasteiger partial charge in [0.15, 0.2) is 5.84 Å². The van der Waals surface area contributed by atoms with Gasteiger partial charge in [-0.15, -0.1) is 0 Å². The van der Waals surface area contributed by atoms with Crippen molar-refractivity contribution < 1.29 is 9.57 Å². The standard InChI is InChI=1S/C27H29ClN4O2/c1-18-13-21(7-8-23(18)28)24-10-12-34-30-27-22(5-4-11-32(24)27)14-20-6-9-25(26(15-20)33-3)31-16-19(2)29-17-31/h6-9,13-17,24H,4-5,10-12H2,1-3H3/b22-14+/t24-/m1/s1. The molecule has 1 aromatic heterocycles. The van der Waals surface area contributed by atoms with Crippen LogP contribution in [-0.4, -0.2) is 40.5 Å². The van der Waals surface area contributed by atoms with E-state index in [1.165, 1.54) is 11.1 Å². The molecule has 0 radical (unpaired) electrons. The van der Waals surface area contributed by atoms with Crippen LogP contribution in [0.3, 0.4) is 0 Å². The van der Waals surface area contributed by atoms with Crippen LogP contribution in [0.25, 0.3) is 11.8 Å². The highest BCUT2D eigenvalue weighted by molar-refractivity contribution is 6.31.